The Balaban J connectivity index is 1.60. The number of thiocarbonyl (C=S) groups is 2. The summed E-state index contributed by atoms with van der Waals surface area (Å²) >= 11 is 10.5. The lowest BCUT2D eigenvalue weighted by Crippen LogP contribution is -2.23. The molecule has 0 aromatic heterocycles. The first-order chi connectivity index (χ1) is 13.3. The molecule has 0 aliphatic rings. The van der Waals surface area contributed by atoms with Gasteiger partial charge in [0.2, 0.25) is 0 Å². The minimum absolute atomic E-state index is 0.135. The second-order valence-corrected chi connectivity index (χ2v) is 9.22. The molecule has 0 bridgehead atoms. The molecule has 6 N–H and O–H groups in total. The zero-order valence-corrected chi connectivity index (χ0v) is 18.0. The van der Waals surface area contributed by atoms with Gasteiger partial charge in [-0.1, -0.05) is 36.6 Å². The van der Waals surface area contributed by atoms with Crippen molar-refractivity contribution in [1.29, 1.82) is 0 Å². The molecule has 0 saturated carbocycles. The van der Waals surface area contributed by atoms with Gasteiger partial charge in [-0.25, -0.2) is 0 Å². The van der Waals surface area contributed by atoms with Gasteiger partial charge in [0, 0.05) is 13.1 Å². The Kier molecular flexibility index (Phi) is 8.97. The number of hydrogen-bond donors (Lipinski definition) is 6. The summed E-state index contributed by atoms with van der Waals surface area (Å²) in [6.45, 7) is 1.20. The van der Waals surface area contributed by atoms with Crippen molar-refractivity contribution < 1.29 is 20.4 Å². The van der Waals surface area contributed by atoms with E-state index in [2.05, 4.69) is 10.6 Å². The lowest BCUT2D eigenvalue weighted by atomic mass is 10.1. The second-order valence-electron chi connectivity index (χ2n) is 5.74. The van der Waals surface area contributed by atoms with E-state index in [0.29, 0.717) is 34.6 Å². The van der Waals surface area contributed by atoms with Gasteiger partial charge < -0.3 is 31.1 Å². The smallest absolute Gasteiger partial charge is 0.157 e. The highest BCUT2D eigenvalue weighted by Gasteiger charge is 2.05. The van der Waals surface area contributed by atoms with Crippen LogP contribution < -0.4 is 10.6 Å². The highest BCUT2D eigenvalue weighted by Crippen LogP contribution is 2.26. The van der Waals surface area contributed by atoms with E-state index in [0.717, 1.165) is 11.1 Å². The molecule has 2 rings (SSSR count). The molecule has 0 aliphatic carbocycles. The largest absolute Gasteiger partial charge is 0.504 e. The van der Waals surface area contributed by atoms with E-state index in [-0.39, 0.29) is 23.0 Å². The topological polar surface area (TPSA) is 105 Å². The van der Waals surface area contributed by atoms with Gasteiger partial charge in [0.25, 0.3) is 0 Å². The quantitative estimate of drug-likeness (QED) is 0.220. The summed E-state index contributed by atoms with van der Waals surface area (Å²) in [7, 11) is 2.69. The van der Waals surface area contributed by atoms with Gasteiger partial charge in [-0.3, -0.25) is 0 Å². The van der Waals surface area contributed by atoms with E-state index >= 15 is 0 Å². The number of nitrogens with one attached hydrogen (secondary N) is 2. The van der Waals surface area contributed by atoms with E-state index < -0.39 is 0 Å². The van der Waals surface area contributed by atoms with E-state index in [1.54, 1.807) is 12.1 Å². The summed E-state index contributed by atoms with van der Waals surface area (Å²) in [5.74, 6) is -0.544. The fourth-order valence-corrected chi connectivity index (χ4v) is 4.30. The van der Waals surface area contributed by atoms with Crippen molar-refractivity contribution >= 4 is 54.7 Å². The van der Waals surface area contributed by atoms with Crippen LogP contribution in [0.5, 0.6) is 23.0 Å². The van der Waals surface area contributed by atoms with E-state index in [1.807, 2.05) is 0 Å². The van der Waals surface area contributed by atoms with Crippen LogP contribution in [0.1, 0.15) is 11.1 Å². The minimum atomic E-state index is -0.137. The van der Waals surface area contributed by atoms with Crippen molar-refractivity contribution in [3.8, 4) is 23.0 Å². The van der Waals surface area contributed by atoms with Gasteiger partial charge in [-0.2, -0.15) is 0 Å². The Morgan fingerprint density at radius 1 is 0.679 bits per heavy atom. The fraction of sp³-hybridized carbons (Fsp3) is 0.222. The average molecular weight is 457 g/mol. The van der Waals surface area contributed by atoms with Crippen molar-refractivity contribution in [2.45, 2.75) is 12.8 Å². The van der Waals surface area contributed by atoms with Gasteiger partial charge in [-0.05, 0) is 69.8 Å². The summed E-state index contributed by atoms with van der Waals surface area (Å²) in [6.07, 6.45) is 1.31. The maximum Gasteiger partial charge on any atom is 0.157 e. The van der Waals surface area contributed by atoms with Crippen molar-refractivity contribution in [2.24, 2.45) is 0 Å². The lowest BCUT2D eigenvalue weighted by molar-refractivity contribution is 0.403. The van der Waals surface area contributed by atoms with Crippen molar-refractivity contribution in [1.82, 2.24) is 10.6 Å². The highest BCUT2D eigenvalue weighted by molar-refractivity contribution is 8.89. The molecule has 0 radical (unpaired) electrons. The summed E-state index contributed by atoms with van der Waals surface area (Å²) in [4.78, 5) is 0. The SMILES string of the molecule is Oc1ccc(CCNC(=S)SSC(=S)NCCc2ccc(O)c(O)c2)cc1O. The molecule has 6 nitrogen and oxygen atoms in total. The normalized spacial score (nSPS) is 10.4. The van der Waals surface area contributed by atoms with Gasteiger partial charge >= 0.3 is 0 Å². The molecule has 28 heavy (non-hydrogen) atoms. The van der Waals surface area contributed by atoms with Crippen LogP contribution in [-0.4, -0.2) is 42.2 Å². The van der Waals surface area contributed by atoms with Gasteiger partial charge in [0.05, 0.1) is 0 Å². The van der Waals surface area contributed by atoms with Gasteiger partial charge in [-0.15, -0.1) is 0 Å². The van der Waals surface area contributed by atoms with Crippen LogP contribution in [0.25, 0.3) is 0 Å². The van der Waals surface area contributed by atoms with Crippen LogP contribution in [0.3, 0.4) is 0 Å². The lowest BCUT2D eigenvalue weighted by Gasteiger charge is -2.10. The van der Waals surface area contributed by atoms with Crippen LogP contribution in [0.2, 0.25) is 0 Å². The maximum atomic E-state index is 9.47. The number of rotatable bonds is 6. The van der Waals surface area contributed by atoms with Crippen LogP contribution in [0.4, 0.5) is 0 Å². The number of phenolic OH excluding ortho intramolecular Hbond substituents is 4. The second kappa shape index (κ2) is 11.2. The molecule has 0 unspecified atom stereocenters. The Bertz CT molecular complexity index is 779. The summed E-state index contributed by atoms with van der Waals surface area (Å²) in [5.41, 5.74) is 1.78. The Morgan fingerprint density at radius 2 is 1.07 bits per heavy atom. The molecule has 2 aromatic rings. The molecule has 2 aromatic carbocycles. The first kappa shape index (κ1) is 22.4. The molecule has 150 valence electrons. The zero-order chi connectivity index (χ0) is 20.5. The minimum Gasteiger partial charge on any atom is -0.504 e. The molecule has 10 heteroatoms. The first-order valence-electron chi connectivity index (χ1n) is 8.27. The van der Waals surface area contributed by atoms with E-state index in [1.165, 1.54) is 45.9 Å². The van der Waals surface area contributed by atoms with Gasteiger partial charge in [0.15, 0.2) is 23.0 Å². The zero-order valence-electron chi connectivity index (χ0n) is 14.7. The summed E-state index contributed by atoms with van der Waals surface area (Å²) in [5, 5.41) is 43.8. The van der Waals surface area contributed by atoms with Crippen LogP contribution in [0.15, 0.2) is 36.4 Å². The molecular formula is C18H20N2O4S4. The maximum absolute atomic E-state index is 9.47. The molecule has 0 saturated heterocycles. The molecule has 0 atom stereocenters. The number of aromatic hydroxyl groups is 4. The fourth-order valence-electron chi connectivity index (χ4n) is 2.20. The Morgan fingerprint density at radius 3 is 1.43 bits per heavy atom. The van der Waals surface area contributed by atoms with Crippen LogP contribution in [-0.2, 0) is 12.8 Å². The molecule has 0 spiro atoms. The van der Waals surface area contributed by atoms with Crippen LogP contribution >= 0.6 is 46.0 Å². The third kappa shape index (κ3) is 7.63. The average Bonchev–Trinajstić information content (AvgIpc) is 2.66. The van der Waals surface area contributed by atoms with Crippen molar-refractivity contribution in [3.05, 3.63) is 47.5 Å². The molecule has 0 heterocycles. The third-order valence-corrected chi connectivity index (χ3v) is 6.99. The highest BCUT2D eigenvalue weighted by atomic mass is 33.1. The predicted octanol–water partition coefficient (Wildman–Crippen LogP) is 3.42. The predicted molar refractivity (Wildman–Crippen MR) is 123 cm³/mol. The summed E-state index contributed by atoms with van der Waals surface area (Å²) in [6, 6.07) is 9.45. The molecule has 0 amide bonds. The van der Waals surface area contributed by atoms with E-state index in [9.17, 15) is 20.4 Å². The van der Waals surface area contributed by atoms with Gasteiger partial charge in [0.1, 0.15) is 8.64 Å². The number of benzene rings is 2. The molecular weight excluding hydrogens is 436 g/mol. The Hall–Kier alpha value is -1.88. The standard InChI is InChI=1S/C18H20N2O4S4/c21-13-3-1-11(9-15(13)23)5-7-19-17(25)27-28-18(26)20-8-6-12-2-4-14(22)16(24)10-12/h1-4,9-10,21-24H,5-8H2,(H,19,25)(H,20,26). The van der Waals surface area contributed by atoms with Crippen molar-refractivity contribution in [2.75, 3.05) is 13.1 Å². The number of phenols is 4. The van der Waals surface area contributed by atoms with Crippen molar-refractivity contribution in [3.63, 3.8) is 0 Å². The Labute approximate surface area is 181 Å². The first-order valence-corrected chi connectivity index (χ1v) is 11.2. The number of hydrogen-bond acceptors (Lipinski definition) is 8. The molecule has 0 aliphatic heterocycles. The van der Waals surface area contributed by atoms with Crippen LogP contribution in [0, 0.1) is 0 Å². The summed E-state index contributed by atoms with van der Waals surface area (Å²) < 4.78 is 1.20. The van der Waals surface area contributed by atoms with E-state index in [4.69, 9.17) is 24.4 Å². The third-order valence-electron chi connectivity index (χ3n) is 3.64. The molecule has 0 fully saturated rings. The monoisotopic (exact) mass is 456 g/mol.